The highest BCUT2D eigenvalue weighted by molar-refractivity contribution is 5.85. The third-order valence-electron chi connectivity index (χ3n) is 10.2. The van der Waals surface area contributed by atoms with Crippen molar-refractivity contribution in [1.29, 1.82) is 0 Å². The predicted octanol–water partition coefficient (Wildman–Crippen LogP) is 5.67. The predicted molar refractivity (Wildman–Crippen MR) is 165 cm³/mol. The minimum atomic E-state index is -0.574. The summed E-state index contributed by atoms with van der Waals surface area (Å²) in [6.07, 6.45) is 11.0. The molecule has 0 spiro atoms. The van der Waals surface area contributed by atoms with E-state index < -0.39 is 11.7 Å². The van der Waals surface area contributed by atoms with Crippen molar-refractivity contribution >= 4 is 29.6 Å². The van der Waals surface area contributed by atoms with Gasteiger partial charge in [0.15, 0.2) is 5.78 Å². The number of carbonyl (C=O) groups is 5. The van der Waals surface area contributed by atoms with E-state index in [9.17, 15) is 24.0 Å². The van der Waals surface area contributed by atoms with Gasteiger partial charge in [-0.15, -0.1) is 0 Å². The van der Waals surface area contributed by atoms with Crippen molar-refractivity contribution in [2.75, 3.05) is 27.3 Å². The molecule has 10 nitrogen and oxygen atoms in total. The van der Waals surface area contributed by atoms with Crippen LogP contribution in [-0.2, 0) is 33.4 Å². The molecule has 0 saturated heterocycles. The molecule has 0 heterocycles. The number of esters is 2. The third kappa shape index (κ3) is 9.25. The van der Waals surface area contributed by atoms with Crippen LogP contribution in [0.4, 0.5) is 4.79 Å². The van der Waals surface area contributed by atoms with Crippen LogP contribution >= 0.6 is 0 Å². The molecule has 0 aromatic carbocycles. The first-order valence-electron chi connectivity index (χ1n) is 15.0. The number of carbonyl (C=O) groups excluding carboxylic acids is 5. The van der Waals surface area contributed by atoms with Crippen molar-refractivity contribution in [2.24, 2.45) is 27.4 Å². The zero-order chi connectivity index (χ0) is 30.5. The molecule has 0 aliphatic heterocycles. The van der Waals surface area contributed by atoms with Crippen LogP contribution in [0.5, 0.6) is 0 Å². The van der Waals surface area contributed by atoms with Crippen LogP contribution in [0.1, 0.15) is 126 Å². The van der Waals surface area contributed by atoms with Gasteiger partial charge in [0, 0.05) is 12.8 Å². The maximum absolute atomic E-state index is 12.3. The summed E-state index contributed by atoms with van der Waals surface area (Å²) < 4.78 is 15.0. The Labute approximate surface area is 258 Å². The fraction of sp³-hybridized carbons (Fsp3) is 0.848. The molecule has 248 valence electrons. The lowest BCUT2D eigenvalue weighted by atomic mass is 9.52. The fourth-order valence-corrected chi connectivity index (χ4v) is 7.56. The largest absolute Gasteiger partial charge is 0.469 e. The number of hydrogen-bond donors (Lipinski definition) is 2. The molecule has 6 aliphatic rings. The molecule has 6 fully saturated rings. The summed E-state index contributed by atoms with van der Waals surface area (Å²) in [6.45, 7) is 5.49. The summed E-state index contributed by atoms with van der Waals surface area (Å²) in [7, 11) is 2.91. The van der Waals surface area contributed by atoms with Crippen LogP contribution in [-0.4, -0.2) is 62.5 Å². The molecule has 0 aromatic rings. The van der Waals surface area contributed by atoms with Crippen molar-refractivity contribution in [3.8, 4) is 0 Å². The lowest BCUT2D eigenvalue weighted by molar-refractivity contribution is -0.164. The molecule has 1 amide bonds. The van der Waals surface area contributed by atoms with E-state index in [4.69, 9.17) is 19.9 Å². The van der Waals surface area contributed by atoms with Gasteiger partial charge in [-0.25, -0.2) is 4.79 Å². The Morgan fingerprint density at radius 1 is 0.651 bits per heavy atom. The number of nitrogens with two attached hydrogens (primary N) is 1. The molecule has 6 rings (SSSR count). The summed E-state index contributed by atoms with van der Waals surface area (Å²) in [5, 5.41) is 2.53. The molecule has 4 bridgehead atoms. The number of ketones is 2. The van der Waals surface area contributed by atoms with Crippen molar-refractivity contribution in [2.45, 2.75) is 131 Å². The summed E-state index contributed by atoms with van der Waals surface area (Å²) in [4.78, 5) is 59.2. The zero-order valence-corrected chi connectivity index (χ0v) is 25.7. The molecule has 43 heavy (non-hydrogen) atoms. The number of Topliss-reactive ketones (excluding diaryl/α,β-unsaturated/α-hetero) is 2. The Morgan fingerprint density at radius 2 is 1.00 bits per heavy atom. The van der Waals surface area contributed by atoms with Crippen LogP contribution < -0.4 is 11.1 Å². The standard InChI is InChI=1S/C18H29NO5.C13H21NO3.2CH4/c1-16(2,3)24-15(22)19-12-13(20)11-17-5-8-18(9-6-17,10-7-17)14(21)23-4;1-17-11(16)13-5-2-12(3-6-13,4-7-13)8-10(15)9-14;;/h5-12H2,1-4H3,(H,19,22);2-9,14H2,1H3;2*1H4. The van der Waals surface area contributed by atoms with Gasteiger partial charge in [-0.05, 0) is 109 Å². The van der Waals surface area contributed by atoms with Gasteiger partial charge in [-0.3, -0.25) is 19.2 Å². The Hall–Kier alpha value is -2.49. The number of fused-ring (bicyclic) bond motifs is 6. The van der Waals surface area contributed by atoms with Crippen LogP contribution in [0.15, 0.2) is 0 Å². The Bertz CT molecular complexity index is 966. The van der Waals surface area contributed by atoms with Crippen LogP contribution in [0.2, 0.25) is 0 Å². The van der Waals surface area contributed by atoms with Gasteiger partial charge in [-0.1, -0.05) is 14.9 Å². The number of ether oxygens (including phenoxy) is 3. The molecule has 0 atom stereocenters. The normalized spacial score (nSPS) is 30.3. The van der Waals surface area contributed by atoms with Gasteiger partial charge in [0.25, 0.3) is 0 Å². The van der Waals surface area contributed by atoms with Crippen molar-refractivity contribution < 1.29 is 38.2 Å². The first kappa shape index (κ1) is 38.5. The highest BCUT2D eigenvalue weighted by atomic mass is 16.6. The average Bonchev–Trinajstić information content (AvgIpc) is 2.96. The van der Waals surface area contributed by atoms with Crippen LogP contribution in [0.3, 0.4) is 0 Å². The van der Waals surface area contributed by atoms with E-state index in [1.54, 1.807) is 20.8 Å². The number of hydrogen-bond acceptors (Lipinski definition) is 9. The minimum absolute atomic E-state index is 0. The Kier molecular flexibility index (Phi) is 13.4. The number of nitrogens with one attached hydrogen (secondary N) is 1. The monoisotopic (exact) mass is 610 g/mol. The van der Waals surface area contributed by atoms with Gasteiger partial charge in [-0.2, -0.15) is 0 Å². The van der Waals surface area contributed by atoms with Gasteiger partial charge < -0.3 is 25.3 Å². The van der Waals surface area contributed by atoms with Crippen LogP contribution in [0, 0.1) is 21.7 Å². The van der Waals surface area contributed by atoms with E-state index in [-0.39, 0.29) is 73.1 Å². The molecular weight excluding hydrogens is 552 g/mol. The number of rotatable bonds is 9. The van der Waals surface area contributed by atoms with Crippen molar-refractivity contribution in [3.63, 3.8) is 0 Å². The molecule has 6 saturated carbocycles. The lowest BCUT2D eigenvalue weighted by Crippen LogP contribution is -2.47. The van der Waals surface area contributed by atoms with E-state index >= 15 is 0 Å². The van der Waals surface area contributed by atoms with E-state index in [1.807, 2.05) is 0 Å². The second-order valence-electron chi connectivity index (χ2n) is 14.0. The third-order valence-corrected chi connectivity index (χ3v) is 10.2. The second-order valence-corrected chi connectivity index (χ2v) is 14.0. The highest BCUT2D eigenvalue weighted by Gasteiger charge is 2.54. The number of alkyl carbamates (subject to hydrolysis) is 1. The molecule has 0 aromatic heterocycles. The topological polar surface area (TPSA) is 151 Å². The minimum Gasteiger partial charge on any atom is -0.469 e. The Morgan fingerprint density at radius 3 is 1.30 bits per heavy atom. The number of methoxy groups -OCH3 is 2. The average molecular weight is 611 g/mol. The first-order valence-corrected chi connectivity index (χ1v) is 15.0. The summed E-state index contributed by atoms with van der Waals surface area (Å²) in [5.74, 6) is 0.00969. The van der Waals surface area contributed by atoms with Crippen LogP contribution in [0.25, 0.3) is 0 Å². The quantitative estimate of drug-likeness (QED) is 0.248. The summed E-state index contributed by atoms with van der Waals surface area (Å²) in [6, 6.07) is 0. The van der Waals surface area contributed by atoms with Gasteiger partial charge in [0.1, 0.15) is 11.4 Å². The molecule has 6 aliphatic carbocycles. The summed E-state index contributed by atoms with van der Waals surface area (Å²) >= 11 is 0. The fourth-order valence-electron chi connectivity index (χ4n) is 7.56. The van der Waals surface area contributed by atoms with E-state index in [0.717, 1.165) is 77.0 Å². The van der Waals surface area contributed by atoms with E-state index in [0.29, 0.717) is 12.8 Å². The second kappa shape index (κ2) is 15.0. The SMILES string of the molecule is C.C.COC(=O)C12CCC(CC(=O)CN)(CC1)CC2.COC(=O)C12CCC(CC(=O)CNC(=O)OC(C)(C)C)(CC1)CC2. The van der Waals surface area contributed by atoms with Gasteiger partial charge >= 0.3 is 18.0 Å². The smallest absolute Gasteiger partial charge is 0.408 e. The molecular formula is C33H58N2O8. The van der Waals surface area contributed by atoms with Gasteiger partial charge in [0.2, 0.25) is 0 Å². The van der Waals surface area contributed by atoms with Crippen molar-refractivity contribution in [1.82, 2.24) is 5.32 Å². The highest BCUT2D eigenvalue weighted by Crippen LogP contribution is 2.59. The maximum Gasteiger partial charge on any atom is 0.408 e. The maximum atomic E-state index is 12.3. The van der Waals surface area contributed by atoms with E-state index in [2.05, 4.69) is 5.32 Å². The molecule has 0 radical (unpaired) electrons. The summed E-state index contributed by atoms with van der Waals surface area (Å²) in [5.41, 5.74) is 4.36. The number of amides is 1. The first-order chi connectivity index (χ1) is 19.2. The zero-order valence-electron chi connectivity index (χ0n) is 25.7. The molecule has 10 heteroatoms. The Balaban J connectivity index is 0.000000432. The lowest BCUT2D eigenvalue weighted by Gasteiger charge is -2.51. The molecule has 3 N–H and O–H groups in total. The van der Waals surface area contributed by atoms with E-state index in [1.165, 1.54) is 14.2 Å². The molecule has 0 unspecified atom stereocenters. The van der Waals surface area contributed by atoms with Gasteiger partial charge in [0.05, 0.1) is 38.1 Å². The van der Waals surface area contributed by atoms with Crippen molar-refractivity contribution in [3.05, 3.63) is 0 Å².